The summed E-state index contributed by atoms with van der Waals surface area (Å²) in [5, 5.41) is 11.1. The number of halogens is 1. The van der Waals surface area contributed by atoms with Crippen molar-refractivity contribution in [1.29, 1.82) is 0 Å². The van der Waals surface area contributed by atoms with Gasteiger partial charge >= 0.3 is 0 Å². The number of likely N-dealkylation sites (N-methyl/N-ethyl adjacent to an activating group) is 1. The fraction of sp³-hybridized carbons (Fsp3) is 0.304. The summed E-state index contributed by atoms with van der Waals surface area (Å²) in [6, 6.07) is 11.4. The zero-order chi connectivity index (χ0) is 22.7. The average molecular weight is 489 g/mol. The van der Waals surface area contributed by atoms with Crippen LogP contribution in [0.4, 0.5) is 0 Å². The first-order chi connectivity index (χ1) is 14.8. The number of ether oxygens (including phenoxy) is 2. The van der Waals surface area contributed by atoms with E-state index in [0.29, 0.717) is 35.7 Å². The van der Waals surface area contributed by atoms with Gasteiger partial charge in [-0.25, -0.2) is 0 Å². The normalized spacial score (nSPS) is 18.0. The Morgan fingerprint density at radius 2 is 1.77 bits per heavy atom. The molecule has 1 N–H and O–H groups in total. The second-order valence-corrected chi connectivity index (χ2v) is 8.30. The molecule has 3 rings (SSSR count). The molecule has 7 nitrogen and oxygen atoms in total. The quantitative estimate of drug-likeness (QED) is 0.365. The van der Waals surface area contributed by atoms with Crippen LogP contribution in [0.1, 0.15) is 17.2 Å². The molecule has 2 aromatic carbocycles. The molecule has 0 bridgehead atoms. The molecule has 31 heavy (non-hydrogen) atoms. The van der Waals surface area contributed by atoms with Crippen molar-refractivity contribution in [2.24, 2.45) is 0 Å². The van der Waals surface area contributed by atoms with Crippen LogP contribution in [-0.2, 0) is 9.59 Å². The van der Waals surface area contributed by atoms with E-state index in [2.05, 4.69) is 15.9 Å². The van der Waals surface area contributed by atoms with E-state index in [0.717, 1.165) is 4.47 Å². The smallest absolute Gasteiger partial charge is 0.295 e. The lowest BCUT2D eigenvalue weighted by Gasteiger charge is -2.28. The summed E-state index contributed by atoms with van der Waals surface area (Å²) >= 11 is 3.36. The lowest BCUT2D eigenvalue weighted by Crippen LogP contribution is -2.35. The Kier molecular flexibility index (Phi) is 7.02. The van der Waals surface area contributed by atoms with Gasteiger partial charge in [-0.2, -0.15) is 0 Å². The van der Waals surface area contributed by atoms with Crippen molar-refractivity contribution in [3.8, 4) is 11.5 Å². The third kappa shape index (κ3) is 4.45. The highest BCUT2D eigenvalue weighted by Crippen LogP contribution is 2.45. The molecule has 0 aromatic heterocycles. The van der Waals surface area contributed by atoms with Gasteiger partial charge in [-0.1, -0.05) is 40.2 Å². The maximum Gasteiger partial charge on any atom is 0.295 e. The van der Waals surface area contributed by atoms with E-state index in [1.807, 2.05) is 19.0 Å². The number of methoxy groups -OCH3 is 2. The number of Topliss-reactive ketones (excluding diaryl/α,β-unsaturated/α-hetero) is 1. The minimum absolute atomic E-state index is 0.0256. The number of benzene rings is 2. The topological polar surface area (TPSA) is 79.3 Å². The first-order valence-electron chi connectivity index (χ1n) is 9.70. The molecule has 0 aliphatic carbocycles. The third-order valence-corrected chi connectivity index (χ3v) is 5.70. The van der Waals surface area contributed by atoms with Gasteiger partial charge in [0.25, 0.3) is 11.7 Å². The lowest BCUT2D eigenvalue weighted by atomic mass is 9.94. The van der Waals surface area contributed by atoms with E-state index >= 15 is 0 Å². The predicted molar refractivity (Wildman–Crippen MR) is 121 cm³/mol. The van der Waals surface area contributed by atoms with Crippen molar-refractivity contribution in [2.45, 2.75) is 6.04 Å². The summed E-state index contributed by atoms with van der Waals surface area (Å²) in [6.45, 7) is 0.855. The van der Waals surface area contributed by atoms with Crippen molar-refractivity contribution >= 4 is 33.4 Å². The van der Waals surface area contributed by atoms with Gasteiger partial charge in [-0.3, -0.25) is 9.59 Å². The van der Waals surface area contributed by atoms with E-state index in [4.69, 9.17) is 9.47 Å². The summed E-state index contributed by atoms with van der Waals surface area (Å²) in [6.07, 6.45) is 0. The van der Waals surface area contributed by atoms with Crippen LogP contribution in [0.15, 0.2) is 52.5 Å². The van der Waals surface area contributed by atoms with E-state index in [9.17, 15) is 14.7 Å². The van der Waals surface area contributed by atoms with Gasteiger partial charge in [0, 0.05) is 28.7 Å². The van der Waals surface area contributed by atoms with E-state index < -0.39 is 17.7 Å². The van der Waals surface area contributed by atoms with Crippen LogP contribution in [0, 0.1) is 0 Å². The summed E-state index contributed by atoms with van der Waals surface area (Å²) in [7, 11) is 6.80. The van der Waals surface area contributed by atoms with Gasteiger partial charge in [0.05, 0.1) is 25.8 Å². The number of para-hydroxylation sites is 1. The number of amides is 1. The molecule has 1 saturated heterocycles. The standard InChI is InChI=1S/C23H25BrN2O5/c1-25(2)12-13-26-19(16-6-5-7-17(30-3)22(16)31-4)18(21(28)23(26)29)20(27)14-8-10-15(24)11-9-14/h5-11,19,27H,12-13H2,1-4H3/b20-18+/t19-/m0/s1. The maximum atomic E-state index is 13.1. The number of carbonyl (C=O) groups excluding carboxylic acids is 2. The van der Waals surface area contributed by atoms with Gasteiger partial charge in [-0.05, 0) is 32.3 Å². The monoisotopic (exact) mass is 488 g/mol. The van der Waals surface area contributed by atoms with Gasteiger partial charge in [0.15, 0.2) is 11.5 Å². The van der Waals surface area contributed by atoms with E-state index in [-0.39, 0.29) is 11.3 Å². The molecular formula is C23H25BrN2O5. The number of aliphatic hydroxyl groups excluding tert-OH is 1. The number of hydrogen-bond acceptors (Lipinski definition) is 6. The lowest BCUT2D eigenvalue weighted by molar-refractivity contribution is -0.140. The molecule has 0 radical (unpaired) electrons. The molecule has 1 aliphatic rings. The van der Waals surface area contributed by atoms with Crippen molar-refractivity contribution in [1.82, 2.24) is 9.80 Å². The Bertz CT molecular complexity index is 1020. The van der Waals surface area contributed by atoms with E-state index in [1.165, 1.54) is 19.1 Å². The number of ketones is 1. The van der Waals surface area contributed by atoms with Crippen LogP contribution >= 0.6 is 15.9 Å². The largest absolute Gasteiger partial charge is 0.507 e. The minimum atomic E-state index is -0.811. The molecular weight excluding hydrogens is 464 g/mol. The number of hydrogen-bond donors (Lipinski definition) is 1. The highest BCUT2D eigenvalue weighted by atomic mass is 79.9. The Morgan fingerprint density at radius 3 is 2.35 bits per heavy atom. The van der Waals surface area contributed by atoms with Crippen molar-refractivity contribution in [3.05, 3.63) is 63.6 Å². The van der Waals surface area contributed by atoms with Gasteiger partial charge < -0.3 is 24.4 Å². The van der Waals surface area contributed by atoms with Crippen LogP contribution in [0.3, 0.4) is 0 Å². The molecule has 2 aromatic rings. The number of aliphatic hydroxyl groups is 1. The molecule has 8 heteroatoms. The molecule has 0 saturated carbocycles. The second kappa shape index (κ2) is 9.53. The summed E-state index contributed by atoms with van der Waals surface area (Å²) < 4.78 is 11.8. The second-order valence-electron chi connectivity index (χ2n) is 7.39. The summed E-state index contributed by atoms with van der Waals surface area (Å²) in [5.74, 6) is -0.729. The fourth-order valence-corrected chi connectivity index (χ4v) is 3.90. The van der Waals surface area contributed by atoms with Crippen LogP contribution in [0.2, 0.25) is 0 Å². The summed E-state index contributed by atoms with van der Waals surface area (Å²) in [4.78, 5) is 29.5. The number of nitrogens with zero attached hydrogens (tertiary/aromatic N) is 2. The van der Waals surface area contributed by atoms with Gasteiger partial charge in [-0.15, -0.1) is 0 Å². The SMILES string of the molecule is COc1cccc([C@H]2/C(=C(\O)c3ccc(Br)cc3)C(=O)C(=O)N2CCN(C)C)c1OC. The molecule has 1 aliphatic heterocycles. The predicted octanol–water partition coefficient (Wildman–Crippen LogP) is 3.45. The zero-order valence-electron chi connectivity index (χ0n) is 17.9. The Balaban J connectivity index is 2.23. The molecule has 1 amide bonds. The summed E-state index contributed by atoms with van der Waals surface area (Å²) in [5.41, 5.74) is 1.04. The number of rotatable bonds is 7. The first kappa shape index (κ1) is 22.8. The van der Waals surface area contributed by atoms with E-state index in [1.54, 1.807) is 42.5 Å². The van der Waals surface area contributed by atoms with Crippen molar-refractivity contribution < 1.29 is 24.2 Å². The Morgan fingerprint density at radius 1 is 1.10 bits per heavy atom. The number of likely N-dealkylation sites (tertiary alicyclic amines) is 1. The molecule has 1 atom stereocenters. The Labute approximate surface area is 190 Å². The average Bonchev–Trinajstić information content (AvgIpc) is 3.01. The van der Waals surface area contributed by atoms with Crippen LogP contribution < -0.4 is 9.47 Å². The highest BCUT2D eigenvalue weighted by Gasteiger charge is 2.47. The third-order valence-electron chi connectivity index (χ3n) is 5.17. The molecule has 164 valence electrons. The molecule has 0 spiro atoms. The van der Waals surface area contributed by atoms with Crippen LogP contribution in [0.25, 0.3) is 5.76 Å². The zero-order valence-corrected chi connectivity index (χ0v) is 19.5. The number of carbonyl (C=O) groups is 2. The highest BCUT2D eigenvalue weighted by molar-refractivity contribution is 9.10. The Hall–Kier alpha value is -2.84. The molecule has 1 fully saturated rings. The molecule has 1 heterocycles. The fourth-order valence-electron chi connectivity index (χ4n) is 3.63. The first-order valence-corrected chi connectivity index (χ1v) is 10.5. The van der Waals surface area contributed by atoms with Gasteiger partial charge in [0.2, 0.25) is 0 Å². The maximum absolute atomic E-state index is 13.1. The van der Waals surface area contributed by atoms with Crippen LogP contribution in [0.5, 0.6) is 11.5 Å². The van der Waals surface area contributed by atoms with Crippen molar-refractivity contribution in [3.63, 3.8) is 0 Å². The van der Waals surface area contributed by atoms with Gasteiger partial charge in [0.1, 0.15) is 5.76 Å². The van der Waals surface area contributed by atoms with Crippen molar-refractivity contribution in [2.75, 3.05) is 41.4 Å². The molecule has 0 unspecified atom stereocenters. The van der Waals surface area contributed by atoms with Crippen LogP contribution in [-0.4, -0.2) is 68.0 Å². The minimum Gasteiger partial charge on any atom is -0.507 e.